The highest BCUT2D eigenvalue weighted by molar-refractivity contribution is 8.00. The molecule has 1 nitrogen and oxygen atoms in total. The lowest BCUT2D eigenvalue weighted by Crippen LogP contribution is -1.97. The molecule has 100 valence electrons. The smallest absolute Gasteiger partial charge is 0.150 e. The van der Waals surface area contributed by atoms with Gasteiger partial charge >= 0.3 is 0 Å². The van der Waals surface area contributed by atoms with Crippen LogP contribution in [0.5, 0.6) is 0 Å². The van der Waals surface area contributed by atoms with Crippen LogP contribution in [0, 0.1) is 25.5 Å². The van der Waals surface area contributed by atoms with Crippen molar-refractivity contribution < 1.29 is 8.78 Å². The van der Waals surface area contributed by atoms with Gasteiger partial charge in [-0.15, -0.1) is 0 Å². The van der Waals surface area contributed by atoms with Crippen LogP contribution < -0.4 is 4.72 Å². The largest absolute Gasteiger partial charge is 0.321 e. The van der Waals surface area contributed by atoms with Crippen molar-refractivity contribution in [2.45, 2.75) is 18.7 Å². The molecule has 19 heavy (non-hydrogen) atoms. The van der Waals surface area contributed by atoms with E-state index in [1.54, 1.807) is 19.1 Å². The first-order valence-corrected chi connectivity index (χ1v) is 6.82. The maximum Gasteiger partial charge on any atom is 0.150 e. The molecule has 0 aliphatic heterocycles. The first-order valence-electron chi connectivity index (χ1n) is 5.62. The summed E-state index contributed by atoms with van der Waals surface area (Å²) in [5.41, 5.74) is 1.27. The Hall–Kier alpha value is -1.26. The molecular formula is C14H12ClF2NS. The van der Waals surface area contributed by atoms with Gasteiger partial charge in [-0.2, -0.15) is 0 Å². The van der Waals surface area contributed by atoms with E-state index >= 15 is 0 Å². The van der Waals surface area contributed by atoms with Crippen molar-refractivity contribution in [1.82, 2.24) is 0 Å². The number of nitrogens with one attached hydrogen (secondary N) is 1. The second-order valence-corrected chi connectivity index (χ2v) is 5.43. The topological polar surface area (TPSA) is 12.0 Å². The molecule has 2 aromatic rings. The third kappa shape index (κ3) is 3.19. The van der Waals surface area contributed by atoms with E-state index < -0.39 is 11.6 Å². The summed E-state index contributed by atoms with van der Waals surface area (Å²) in [7, 11) is 0. The molecule has 0 atom stereocenters. The Morgan fingerprint density at radius 1 is 1.11 bits per heavy atom. The molecule has 0 saturated heterocycles. The summed E-state index contributed by atoms with van der Waals surface area (Å²) < 4.78 is 30.0. The molecule has 0 fully saturated rings. The minimum atomic E-state index is -0.607. The standard InChI is InChI=1S/C14H12ClF2NS/c1-8-6-11(16)14(12(17)7-8)18-19-13-5-3-4-10(15)9(13)2/h3-7,18H,1-2H3. The van der Waals surface area contributed by atoms with Gasteiger partial charge in [-0.3, -0.25) is 0 Å². The van der Waals surface area contributed by atoms with Gasteiger partial charge in [0.25, 0.3) is 0 Å². The molecule has 0 bridgehead atoms. The average Bonchev–Trinajstić information content (AvgIpc) is 2.33. The number of hydrogen-bond acceptors (Lipinski definition) is 2. The lowest BCUT2D eigenvalue weighted by Gasteiger charge is -2.11. The number of anilines is 1. The number of halogens is 3. The fourth-order valence-electron chi connectivity index (χ4n) is 1.60. The average molecular weight is 300 g/mol. The van der Waals surface area contributed by atoms with Gasteiger partial charge < -0.3 is 4.72 Å². The number of rotatable bonds is 3. The molecule has 0 radical (unpaired) electrons. The van der Waals surface area contributed by atoms with Gasteiger partial charge in [0.15, 0.2) is 0 Å². The van der Waals surface area contributed by atoms with Crippen LogP contribution in [0.3, 0.4) is 0 Å². The van der Waals surface area contributed by atoms with E-state index in [0.717, 1.165) is 22.4 Å². The summed E-state index contributed by atoms with van der Waals surface area (Å²) in [6, 6.07) is 7.98. The van der Waals surface area contributed by atoms with Crippen molar-refractivity contribution in [1.29, 1.82) is 0 Å². The summed E-state index contributed by atoms with van der Waals surface area (Å²) in [5, 5.41) is 0.622. The van der Waals surface area contributed by atoms with E-state index in [1.807, 2.05) is 13.0 Å². The van der Waals surface area contributed by atoms with Crippen molar-refractivity contribution in [2.75, 3.05) is 4.72 Å². The first-order chi connectivity index (χ1) is 8.99. The number of hydrogen-bond donors (Lipinski definition) is 1. The van der Waals surface area contributed by atoms with Crippen LogP contribution in [0.15, 0.2) is 35.2 Å². The Bertz CT molecular complexity index is 593. The number of aryl methyl sites for hydroxylation is 1. The lowest BCUT2D eigenvalue weighted by molar-refractivity contribution is 0.590. The molecule has 0 heterocycles. The summed E-state index contributed by atoms with van der Waals surface area (Å²) in [5.74, 6) is -1.21. The molecule has 2 rings (SSSR count). The van der Waals surface area contributed by atoms with Gasteiger partial charge in [-0.25, -0.2) is 8.78 Å². The zero-order valence-corrected chi connectivity index (χ0v) is 12.0. The summed E-state index contributed by atoms with van der Waals surface area (Å²) in [6.45, 7) is 3.50. The van der Waals surface area contributed by atoms with Gasteiger partial charge in [0.2, 0.25) is 0 Å². The van der Waals surface area contributed by atoms with Gasteiger partial charge in [-0.1, -0.05) is 17.7 Å². The van der Waals surface area contributed by atoms with E-state index in [1.165, 1.54) is 12.1 Å². The Morgan fingerprint density at radius 3 is 2.37 bits per heavy atom. The highest BCUT2D eigenvalue weighted by Crippen LogP contribution is 2.30. The maximum absolute atomic E-state index is 13.7. The first kappa shape index (κ1) is 14.2. The van der Waals surface area contributed by atoms with Crippen LogP contribution in [-0.4, -0.2) is 0 Å². The van der Waals surface area contributed by atoms with Gasteiger partial charge in [0, 0.05) is 9.92 Å². The number of benzene rings is 2. The highest BCUT2D eigenvalue weighted by atomic mass is 35.5. The van der Waals surface area contributed by atoms with Crippen LogP contribution in [0.2, 0.25) is 5.02 Å². The Balaban J connectivity index is 2.22. The third-order valence-electron chi connectivity index (χ3n) is 2.67. The molecule has 0 aliphatic rings. The summed E-state index contributed by atoms with van der Waals surface area (Å²) in [4.78, 5) is 0.826. The molecule has 0 unspecified atom stereocenters. The van der Waals surface area contributed by atoms with Crippen LogP contribution in [-0.2, 0) is 0 Å². The van der Waals surface area contributed by atoms with Crippen molar-refractivity contribution in [3.8, 4) is 0 Å². The molecular weight excluding hydrogens is 288 g/mol. The molecule has 0 aliphatic carbocycles. The monoisotopic (exact) mass is 299 g/mol. The van der Waals surface area contributed by atoms with E-state index in [9.17, 15) is 8.78 Å². The zero-order valence-electron chi connectivity index (χ0n) is 10.4. The van der Waals surface area contributed by atoms with Crippen molar-refractivity contribution >= 4 is 29.2 Å². The predicted octanol–water partition coefficient (Wildman–Crippen LogP) is 5.35. The molecule has 0 amide bonds. The second-order valence-electron chi connectivity index (χ2n) is 4.17. The predicted molar refractivity (Wildman–Crippen MR) is 76.8 cm³/mol. The fourth-order valence-corrected chi connectivity index (χ4v) is 2.65. The van der Waals surface area contributed by atoms with Crippen LogP contribution in [0.4, 0.5) is 14.5 Å². The van der Waals surface area contributed by atoms with E-state index in [4.69, 9.17) is 11.6 Å². The lowest BCUT2D eigenvalue weighted by atomic mass is 10.2. The molecule has 1 N–H and O–H groups in total. The van der Waals surface area contributed by atoms with E-state index in [0.29, 0.717) is 10.6 Å². The van der Waals surface area contributed by atoms with Crippen LogP contribution in [0.25, 0.3) is 0 Å². The van der Waals surface area contributed by atoms with Gasteiger partial charge in [0.1, 0.15) is 17.3 Å². The van der Waals surface area contributed by atoms with Crippen LogP contribution in [0.1, 0.15) is 11.1 Å². The van der Waals surface area contributed by atoms with Gasteiger partial charge in [0.05, 0.1) is 0 Å². The Kier molecular flexibility index (Phi) is 4.32. The maximum atomic E-state index is 13.7. The van der Waals surface area contributed by atoms with E-state index in [2.05, 4.69) is 4.72 Å². The van der Waals surface area contributed by atoms with Crippen molar-refractivity contribution in [3.63, 3.8) is 0 Å². The van der Waals surface area contributed by atoms with Crippen molar-refractivity contribution in [3.05, 3.63) is 58.1 Å². The highest BCUT2D eigenvalue weighted by Gasteiger charge is 2.11. The SMILES string of the molecule is Cc1cc(F)c(NSc2cccc(Cl)c2C)c(F)c1. The minimum absolute atomic E-state index is 0.144. The Labute approximate surface area is 120 Å². The molecule has 0 spiro atoms. The summed E-state index contributed by atoms with van der Waals surface area (Å²) in [6.07, 6.45) is 0. The minimum Gasteiger partial charge on any atom is -0.321 e. The fraction of sp³-hybridized carbons (Fsp3) is 0.143. The molecule has 2 aromatic carbocycles. The van der Waals surface area contributed by atoms with Crippen LogP contribution >= 0.6 is 23.5 Å². The molecule has 0 aromatic heterocycles. The quantitative estimate of drug-likeness (QED) is 0.766. The second kappa shape index (κ2) is 5.80. The Morgan fingerprint density at radius 2 is 1.74 bits per heavy atom. The van der Waals surface area contributed by atoms with Gasteiger partial charge in [-0.05, 0) is 61.2 Å². The van der Waals surface area contributed by atoms with Crippen molar-refractivity contribution in [2.24, 2.45) is 0 Å². The summed E-state index contributed by atoms with van der Waals surface area (Å²) >= 11 is 7.12. The normalized spacial score (nSPS) is 10.6. The zero-order chi connectivity index (χ0) is 14.0. The molecule has 5 heteroatoms. The third-order valence-corrected chi connectivity index (χ3v) is 4.05. The van der Waals surface area contributed by atoms with E-state index in [-0.39, 0.29) is 5.69 Å². The molecule has 0 saturated carbocycles.